The van der Waals surface area contributed by atoms with Crippen LogP contribution in [0, 0.1) is 5.41 Å². The Hall–Kier alpha value is -3.56. The molecule has 9 nitrogen and oxygen atoms in total. The number of benzene rings is 2. The maximum Gasteiger partial charge on any atom is 0.319 e. The normalized spacial score (nSPS) is 11.3. The van der Waals surface area contributed by atoms with Crippen LogP contribution in [0.4, 0.5) is 10.5 Å². The van der Waals surface area contributed by atoms with E-state index in [-0.39, 0.29) is 11.4 Å². The van der Waals surface area contributed by atoms with E-state index in [1.807, 2.05) is 30.3 Å². The zero-order valence-electron chi connectivity index (χ0n) is 23.1. The van der Waals surface area contributed by atoms with Gasteiger partial charge in [-0.25, -0.2) is 4.79 Å². The van der Waals surface area contributed by atoms with E-state index >= 15 is 0 Å². The van der Waals surface area contributed by atoms with E-state index < -0.39 is 0 Å². The molecule has 0 fully saturated rings. The van der Waals surface area contributed by atoms with Gasteiger partial charge in [0, 0.05) is 43.5 Å². The lowest BCUT2D eigenvalue weighted by atomic mass is 9.92. The van der Waals surface area contributed by atoms with E-state index in [1.54, 1.807) is 32.5 Å². The number of hydrogen-bond donors (Lipinski definition) is 3. The second kappa shape index (κ2) is 14.4. The molecule has 0 aliphatic heterocycles. The van der Waals surface area contributed by atoms with Gasteiger partial charge in [0.1, 0.15) is 11.5 Å². The highest BCUT2D eigenvalue weighted by molar-refractivity contribution is 5.89. The van der Waals surface area contributed by atoms with Gasteiger partial charge in [0.15, 0.2) is 11.5 Å². The largest absolute Gasteiger partial charge is 0.493 e. The highest BCUT2D eigenvalue weighted by Crippen LogP contribution is 2.37. The molecule has 0 aliphatic rings. The van der Waals surface area contributed by atoms with E-state index in [0.717, 1.165) is 36.8 Å². The fraction of sp³-hybridized carbons (Fsp3) is 0.448. The SMILES string of the molecule is COCCNCCCOc1cc2nccc(Oc3ccc(NC(=O)NCCC(C)(C)C)cc3)c2cc1OC. The Morgan fingerprint density at radius 3 is 2.42 bits per heavy atom. The number of amides is 2. The Labute approximate surface area is 225 Å². The molecule has 2 amide bonds. The molecule has 0 bridgehead atoms. The molecule has 3 aromatic rings. The van der Waals surface area contributed by atoms with Crippen LogP contribution in [0.3, 0.4) is 0 Å². The van der Waals surface area contributed by atoms with E-state index in [2.05, 4.69) is 41.7 Å². The summed E-state index contributed by atoms with van der Waals surface area (Å²) in [6, 6.07) is 12.6. The number of fused-ring (bicyclic) bond motifs is 1. The molecule has 0 radical (unpaired) electrons. The van der Waals surface area contributed by atoms with Crippen LogP contribution in [0.5, 0.6) is 23.0 Å². The first-order chi connectivity index (χ1) is 18.3. The van der Waals surface area contributed by atoms with Crippen molar-refractivity contribution in [3.05, 3.63) is 48.7 Å². The fourth-order valence-electron chi connectivity index (χ4n) is 3.63. The number of anilines is 1. The van der Waals surface area contributed by atoms with Crippen molar-refractivity contribution in [2.75, 3.05) is 52.4 Å². The average molecular weight is 525 g/mol. The van der Waals surface area contributed by atoms with E-state index in [9.17, 15) is 4.79 Å². The van der Waals surface area contributed by atoms with Crippen LogP contribution in [-0.4, -0.2) is 58.1 Å². The number of aromatic nitrogens is 1. The summed E-state index contributed by atoms with van der Waals surface area (Å²) in [5.41, 5.74) is 1.59. The lowest BCUT2D eigenvalue weighted by molar-refractivity contribution is 0.198. The highest BCUT2D eigenvalue weighted by atomic mass is 16.5. The van der Waals surface area contributed by atoms with Crippen molar-refractivity contribution >= 4 is 22.6 Å². The van der Waals surface area contributed by atoms with Gasteiger partial charge in [0.25, 0.3) is 0 Å². The molecule has 0 saturated heterocycles. The Balaban J connectivity index is 1.61. The summed E-state index contributed by atoms with van der Waals surface area (Å²) in [4.78, 5) is 16.6. The van der Waals surface area contributed by atoms with Gasteiger partial charge in [0.05, 0.1) is 25.8 Å². The zero-order chi connectivity index (χ0) is 27.4. The summed E-state index contributed by atoms with van der Waals surface area (Å²) < 4.78 is 22.7. The molecule has 0 unspecified atom stereocenters. The Morgan fingerprint density at radius 2 is 1.71 bits per heavy atom. The van der Waals surface area contributed by atoms with Crippen molar-refractivity contribution < 1.29 is 23.7 Å². The topological polar surface area (TPSA) is 103 Å². The van der Waals surface area contributed by atoms with E-state index in [0.29, 0.717) is 48.4 Å². The number of nitrogens with one attached hydrogen (secondary N) is 3. The molecule has 3 N–H and O–H groups in total. The van der Waals surface area contributed by atoms with Gasteiger partial charge in [-0.15, -0.1) is 0 Å². The molecular formula is C29H40N4O5. The number of methoxy groups -OCH3 is 2. The maximum absolute atomic E-state index is 12.2. The number of hydrogen-bond acceptors (Lipinski definition) is 7. The number of carbonyl (C=O) groups excluding carboxylic acids is 1. The van der Waals surface area contributed by atoms with Crippen LogP contribution in [0.15, 0.2) is 48.7 Å². The Morgan fingerprint density at radius 1 is 0.921 bits per heavy atom. The average Bonchev–Trinajstić information content (AvgIpc) is 2.88. The number of urea groups is 1. The van der Waals surface area contributed by atoms with Gasteiger partial charge < -0.3 is 34.9 Å². The smallest absolute Gasteiger partial charge is 0.319 e. The standard InChI is InChI=1S/C29H40N4O5/c1-29(2,3)12-15-32-28(34)33-21-7-9-22(10-8-21)38-25-11-14-31-24-20-27(26(36-5)19-23(24)25)37-17-6-13-30-16-18-35-4/h7-11,14,19-20,30H,6,12-13,15-18H2,1-5H3,(H2,32,33,34). The molecule has 0 saturated carbocycles. The monoisotopic (exact) mass is 524 g/mol. The van der Waals surface area contributed by atoms with Gasteiger partial charge in [-0.1, -0.05) is 20.8 Å². The number of nitrogens with zero attached hydrogens (tertiary/aromatic N) is 1. The lowest BCUT2D eigenvalue weighted by Gasteiger charge is -2.18. The third-order valence-electron chi connectivity index (χ3n) is 5.73. The third kappa shape index (κ3) is 9.39. The van der Waals surface area contributed by atoms with Crippen molar-refractivity contribution in [2.24, 2.45) is 5.41 Å². The molecule has 1 aromatic heterocycles. The van der Waals surface area contributed by atoms with Gasteiger partial charge in [0.2, 0.25) is 0 Å². The van der Waals surface area contributed by atoms with Crippen LogP contribution in [0.2, 0.25) is 0 Å². The first-order valence-electron chi connectivity index (χ1n) is 12.9. The third-order valence-corrected chi connectivity index (χ3v) is 5.73. The van der Waals surface area contributed by atoms with Crippen molar-refractivity contribution in [3.63, 3.8) is 0 Å². The molecule has 2 aromatic carbocycles. The summed E-state index contributed by atoms with van der Waals surface area (Å²) in [6.07, 6.45) is 3.45. The number of ether oxygens (including phenoxy) is 4. The second-order valence-electron chi connectivity index (χ2n) is 10.1. The second-order valence-corrected chi connectivity index (χ2v) is 10.1. The molecule has 0 atom stereocenters. The fourth-order valence-corrected chi connectivity index (χ4v) is 3.63. The van der Waals surface area contributed by atoms with Crippen molar-refractivity contribution in [1.29, 1.82) is 0 Å². The van der Waals surface area contributed by atoms with Crippen LogP contribution < -0.4 is 30.2 Å². The Bertz CT molecular complexity index is 1160. The summed E-state index contributed by atoms with van der Waals surface area (Å²) in [7, 11) is 3.30. The van der Waals surface area contributed by atoms with Gasteiger partial charge >= 0.3 is 6.03 Å². The minimum atomic E-state index is -0.226. The number of pyridine rings is 1. The summed E-state index contributed by atoms with van der Waals surface area (Å²) in [5, 5.41) is 9.84. The lowest BCUT2D eigenvalue weighted by Crippen LogP contribution is -2.31. The summed E-state index contributed by atoms with van der Waals surface area (Å²) >= 11 is 0. The molecule has 0 aliphatic carbocycles. The van der Waals surface area contributed by atoms with Crippen molar-refractivity contribution in [2.45, 2.75) is 33.6 Å². The quantitative estimate of drug-likeness (QED) is 0.236. The Kier molecular flexibility index (Phi) is 11.0. The predicted molar refractivity (Wildman–Crippen MR) is 151 cm³/mol. The predicted octanol–water partition coefficient (Wildman–Crippen LogP) is 5.60. The van der Waals surface area contributed by atoms with Gasteiger partial charge in [-0.05, 0) is 61.2 Å². The summed E-state index contributed by atoms with van der Waals surface area (Å²) in [5.74, 6) is 2.52. The van der Waals surface area contributed by atoms with Gasteiger partial charge in [-0.2, -0.15) is 0 Å². The molecule has 38 heavy (non-hydrogen) atoms. The van der Waals surface area contributed by atoms with Crippen LogP contribution in [-0.2, 0) is 4.74 Å². The van der Waals surface area contributed by atoms with E-state index in [1.165, 1.54) is 0 Å². The van der Waals surface area contributed by atoms with E-state index in [4.69, 9.17) is 18.9 Å². The van der Waals surface area contributed by atoms with Gasteiger partial charge in [-0.3, -0.25) is 4.98 Å². The minimum absolute atomic E-state index is 0.170. The first-order valence-corrected chi connectivity index (χ1v) is 12.9. The van der Waals surface area contributed by atoms with Crippen LogP contribution >= 0.6 is 0 Å². The molecule has 1 heterocycles. The molecule has 9 heteroatoms. The van der Waals surface area contributed by atoms with Crippen molar-refractivity contribution in [3.8, 4) is 23.0 Å². The first kappa shape index (κ1) is 29.0. The number of carbonyl (C=O) groups is 1. The highest BCUT2D eigenvalue weighted by Gasteiger charge is 2.13. The van der Waals surface area contributed by atoms with Crippen LogP contribution in [0.1, 0.15) is 33.6 Å². The molecule has 206 valence electrons. The summed E-state index contributed by atoms with van der Waals surface area (Å²) in [6.45, 7) is 9.94. The number of rotatable bonds is 14. The zero-order valence-corrected chi connectivity index (χ0v) is 23.1. The van der Waals surface area contributed by atoms with Crippen LogP contribution in [0.25, 0.3) is 10.9 Å². The molecular weight excluding hydrogens is 484 g/mol. The minimum Gasteiger partial charge on any atom is -0.493 e. The molecule has 3 rings (SSSR count). The maximum atomic E-state index is 12.2. The van der Waals surface area contributed by atoms with Crippen molar-refractivity contribution in [1.82, 2.24) is 15.6 Å². The molecule has 0 spiro atoms.